The highest BCUT2D eigenvalue weighted by Gasteiger charge is 2.26. The van der Waals surface area contributed by atoms with E-state index in [9.17, 15) is 4.79 Å². The summed E-state index contributed by atoms with van der Waals surface area (Å²) in [6.45, 7) is 6.59. The van der Waals surface area contributed by atoms with Gasteiger partial charge in [0.25, 0.3) is 0 Å². The van der Waals surface area contributed by atoms with Crippen LogP contribution in [0.3, 0.4) is 0 Å². The van der Waals surface area contributed by atoms with Crippen molar-refractivity contribution >= 4 is 0 Å². The molecule has 0 saturated heterocycles. The number of benzene rings is 2. The van der Waals surface area contributed by atoms with Gasteiger partial charge in [0.05, 0.1) is 17.9 Å². The average molecular weight is 420 g/mol. The maximum atomic E-state index is 12.4. The van der Waals surface area contributed by atoms with Crippen LogP contribution in [0.25, 0.3) is 5.69 Å². The number of ether oxygens (including phenoxy) is 2. The van der Waals surface area contributed by atoms with Gasteiger partial charge in [-0.1, -0.05) is 12.1 Å². The van der Waals surface area contributed by atoms with E-state index in [1.807, 2.05) is 57.2 Å². The molecule has 0 aliphatic carbocycles. The first-order chi connectivity index (χ1) is 14.9. The third-order valence-corrected chi connectivity index (χ3v) is 5.22. The van der Waals surface area contributed by atoms with Gasteiger partial charge < -0.3 is 9.47 Å². The molecule has 2 aromatic carbocycles. The minimum absolute atomic E-state index is 0.200. The molecule has 31 heavy (non-hydrogen) atoms. The monoisotopic (exact) mass is 420 g/mol. The van der Waals surface area contributed by atoms with Crippen LogP contribution in [0.2, 0.25) is 0 Å². The summed E-state index contributed by atoms with van der Waals surface area (Å²) in [6.07, 6.45) is 3.67. The Morgan fingerprint density at radius 1 is 1.10 bits per heavy atom. The molecule has 2 heterocycles. The smallest absolute Gasteiger partial charge is 0.368 e. The number of rotatable bonds is 7. The van der Waals surface area contributed by atoms with E-state index in [-0.39, 0.29) is 12.3 Å². The minimum atomic E-state index is -0.453. The Labute approximate surface area is 179 Å². The molecule has 3 aromatic rings. The normalized spacial score (nSPS) is 17.3. The van der Waals surface area contributed by atoms with Gasteiger partial charge in [0, 0.05) is 13.2 Å². The Morgan fingerprint density at radius 3 is 2.58 bits per heavy atom. The lowest BCUT2D eigenvalue weighted by molar-refractivity contribution is 0.284. The summed E-state index contributed by atoms with van der Waals surface area (Å²) in [7, 11) is 1.55. The fraction of sp³-hybridized carbons (Fsp3) is 0.318. The van der Waals surface area contributed by atoms with E-state index in [0.29, 0.717) is 18.0 Å². The summed E-state index contributed by atoms with van der Waals surface area (Å²) in [5.41, 5.74) is 2.50. The van der Waals surface area contributed by atoms with E-state index < -0.39 is 5.54 Å². The SMILES string of the molecule is CCOc1cccc(-n2nnn(C)c2=O)c1COc1ccc(C2(C)C=CN=N2)cc1C. The molecular weight excluding hydrogens is 396 g/mol. The second kappa shape index (κ2) is 8.17. The third-order valence-electron chi connectivity index (χ3n) is 5.22. The average Bonchev–Trinajstić information content (AvgIpc) is 3.34. The van der Waals surface area contributed by atoms with E-state index in [1.165, 1.54) is 9.36 Å². The lowest BCUT2D eigenvalue weighted by atomic mass is 9.92. The van der Waals surface area contributed by atoms with Crippen molar-refractivity contribution in [2.45, 2.75) is 32.9 Å². The Bertz CT molecular complexity index is 1210. The lowest BCUT2D eigenvalue weighted by Crippen LogP contribution is -2.23. The highest BCUT2D eigenvalue weighted by atomic mass is 16.5. The van der Waals surface area contributed by atoms with Crippen molar-refractivity contribution in [3.8, 4) is 17.2 Å². The van der Waals surface area contributed by atoms with Crippen LogP contribution in [-0.2, 0) is 19.2 Å². The minimum Gasteiger partial charge on any atom is -0.493 e. The van der Waals surface area contributed by atoms with Crippen molar-refractivity contribution in [3.05, 3.63) is 75.8 Å². The maximum Gasteiger partial charge on any atom is 0.368 e. The molecule has 9 heteroatoms. The number of aromatic nitrogens is 4. The van der Waals surface area contributed by atoms with Crippen molar-refractivity contribution in [2.24, 2.45) is 17.3 Å². The van der Waals surface area contributed by atoms with Gasteiger partial charge in [0.1, 0.15) is 23.6 Å². The standard InChI is InChI=1S/C22H24N6O3/c1-5-30-20-8-6-7-18(28-21(29)27(4)25-26-28)17(20)14-31-19-10-9-16(13-15(19)2)22(3)11-12-23-24-22/h6-13H,5,14H2,1-4H3. The van der Waals surface area contributed by atoms with Crippen LogP contribution >= 0.6 is 0 Å². The topological polar surface area (TPSA) is 95.9 Å². The number of nitrogens with zero attached hydrogens (tertiary/aromatic N) is 6. The van der Waals surface area contributed by atoms with Crippen LogP contribution in [0.1, 0.15) is 30.5 Å². The molecule has 1 atom stereocenters. The van der Waals surface area contributed by atoms with Gasteiger partial charge in [-0.2, -0.15) is 19.6 Å². The molecule has 1 aromatic heterocycles. The van der Waals surface area contributed by atoms with Crippen molar-refractivity contribution < 1.29 is 9.47 Å². The second-order valence-electron chi connectivity index (χ2n) is 7.43. The van der Waals surface area contributed by atoms with E-state index in [0.717, 1.165) is 22.4 Å². The van der Waals surface area contributed by atoms with Crippen molar-refractivity contribution in [3.63, 3.8) is 0 Å². The van der Waals surface area contributed by atoms with Gasteiger partial charge in [-0.3, -0.25) is 0 Å². The van der Waals surface area contributed by atoms with Crippen molar-refractivity contribution in [1.29, 1.82) is 0 Å². The molecule has 0 radical (unpaired) electrons. The molecule has 4 rings (SSSR count). The van der Waals surface area contributed by atoms with Crippen LogP contribution in [0.4, 0.5) is 0 Å². The van der Waals surface area contributed by atoms with E-state index in [2.05, 4.69) is 20.7 Å². The van der Waals surface area contributed by atoms with E-state index in [1.54, 1.807) is 19.3 Å². The van der Waals surface area contributed by atoms with Crippen LogP contribution in [0.15, 0.2) is 63.7 Å². The Morgan fingerprint density at radius 2 is 1.94 bits per heavy atom. The predicted octanol–water partition coefficient (Wildman–Crippen LogP) is 3.45. The third kappa shape index (κ3) is 3.86. The number of hydrogen-bond donors (Lipinski definition) is 0. The van der Waals surface area contributed by atoms with Crippen LogP contribution in [-0.4, -0.2) is 26.4 Å². The van der Waals surface area contributed by atoms with E-state index >= 15 is 0 Å². The number of aryl methyl sites for hydroxylation is 2. The molecule has 0 N–H and O–H groups in total. The molecule has 1 aliphatic heterocycles. The molecule has 0 fully saturated rings. The number of hydrogen-bond acceptors (Lipinski definition) is 7. The first kappa shape index (κ1) is 20.5. The molecule has 0 saturated carbocycles. The number of tetrazole rings is 1. The molecule has 9 nitrogen and oxygen atoms in total. The van der Waals surface area contributed by atoms with Crippen molar-refractivity contribution in [1.82, 2.24) is 19.8 Å². The Kier molecular flexibility index (Phi) is 5.41. The summed E-state index contributed by atoms with van der Waals surface area (Å²) in [4.78, 5) is 12.4. The molecule has 1 aliphatic rings. The molecular formula is C22H24N6O3. The van der Waals surface area contributed by atoms with Gasteiger partial charge in [0.2, 0.25) is 0 Å². The highest BCUT2D eigenvalue weighted by Crippen LogP contribution is 2.34. The maximum absolute atomic E-state index is 12.4. The fourth-order valence-corrected chi connectivity index (χ4v) is 3.45. The largest absolute Gasteiger partial charge is 0.493 e. The quantitative estimate of drug-likeness (QED) is 0.583. The van der Waals surface area contributed by atoms with Crippen LogP contribution in [0, 0.1) is 6.92 Å². The van der Waals surface area contributed by atoms with Crippen LogP contribution < -0.4 is 15.2 Å². The lowest BCUT2D eigenvalue weighted by Gasteiger charge is -2.20. The predicted molar refractivity (Wildman–Crippen MR) is 115 cm³/mol. The molecule has 1 unspecified atom stereocenters. The highest BCUT2D eigenvalue weighted by molar-refractivity contribution is 5.49. The zero-order valence-electron chi connectivity index (χ0n) is 17.9. The van der Waals surface area contributed by atoms with Gasteiger partial charge in [0.15, 0.2) is 0 Å². The zero-order chi connectivity index (χ0) is 22.0. The summed E-state index contributed by atoms with van der Waals surface area (Å²) < 4.78 is 14.4. The summed E-state index contributed by atoms with van der Waals surface area (Å²) in [5, 5.41) is 16.0. The van der Waals surface area contributed by atoms with Gasteiger partial charge in [-0.15, -0.1) is 0 Å². The summed E-state index contributed by atoms with van der Waals surface area (Å²) in [5.74, 6) is 1.37. The van der Waals surface area contributed by atoms with Crippen molar-refractivity contribution in [2.75, 3.05) is 6.61 Å². The van der Waals surface area contributed by atoms with E-state index in [4.69, 9.17) is 9.47 Å². The number of azo groups is 1. The summed E-state index contributed by atoms with van der Waals surface area (Å²) >= 11 is 0. The zero-order valence-corrected chi connectivity index (χ0v) is 17.9. The second-order valence-corrected chi connectivity index (χ2v) is 7.43. The summed E-state index contributed by atoms with van der Waals surface area (Å²) in [6, 6.07) is 11.4. The van der Waals surface area contributed by atoms with Gasteiger partial charge in [-0.25, -0.2) is 4.79 Å². The van der Waals surface area contributed by atoms with Crippen LogP contribution in [0.5, 0.6) is 11.5 Å². The Balaban J connectivity index is 1.65. The molecule has 0 spiro atoms. The first-order valence-electron chi connectivity index (χ1n) is 10.0. The van der Waals surface area contributed by atoms with Gasteiger partial charge in [-0.05, 0) is 72.7 Å². The first-order valence-corrected chi connectivity index (χ1v) is 10.0. The van der Waals surface area contributed by atoms with Gasteiger partial charge >= 0.3 is 5.69 Å². The fourth-order valence-electron chi connectivity index (χ4n) is 3.45. The molecule has 0 bridgehead atoms. The molecule has 160 valence electrons. The Hall–Kier alpha value is -3.75. The molecule has 0 amide bonds.